The first kappa shape index (κ1) is 10.2. The molecule has 0 aliphatic carbocycles. The van der Waals surface area contributed by atoms with Crippen LogP contribution >= 0.6 is 0 Å². The maximum atomic E-state index is 13.2. The zero-order valence-corrected chi connectivity index (χ0v) is 8.90. The van der Waals surface area contributed by atoms with Gasteiger partial charge >= 0.3 is 0 Å². The molecule has 1 nitrogen and oxygen atoms in total. The molecule has 0 saturated heterocycles. The second-order valence-corrected chi connectivity index (χ2v) is 4.44. The molecule has 2 heteroatoms. The normalized spacial score (nSPS) is 11.8. The molecule has 0 atom stereocenters. The zero-order chi connectivity index (χ0) is 10.2. The summed E-state index contributed by atoms with van der Waals surface area (Å²) < 4.78 is 13.2. The Bertz CT molecular complexity index is 324. The van der Waals surface area contributed by atoms with Gasteiger partial charge in [0.1, 0.15) is 5.82 Å². The van der Waals surface area contributed by atoms with E-state index >= 15 is 0 Å². The second kappa shape index (κ2) is 3.09. The highest BCUT2D eigenvalue weighted by atomic mass is 19.1. The molecule has 13 heavy (non-hydrogen) atoms. The Morgan fingerprint density at radius 3 is 2.15 bits per heavy atom. The van der Waals surface area contributed by atoms with Gasteiger partial charge in [0.25, 0.3) is 0 Å². The molecule has 1 heterocycles. The Balaban J connectivity index is 3.43. The van der Waals surface area contributed by atoms with Crippen LogP contribution in [-0.4, -0.2) is 4.98 Å². The lowest BCUT2D eigenvalue weighted by molar-refractivity contribution is 0.551. The maximum Gasteiger partial charge on any atom is 0.144 e. The van der Waals surface area contributed by atoms with Gasteiger partial charge < -0.3 is 0 Å². The molecule has 0 unspecified atom stereocenters. The number of aromatic nitrogens is 1. The fourth-order valence-corrected chi connectivity index (χ4v) is 1.81. The van der Waals surface area contributed by atoms with E-state index in [1.54, 1.807) is 0 Å². The molecule has 0 amide bonds. The van der Waals surface area contributed by atoms with Crippen molar-refractivity contribution in [3.63, 3.8) is 0 Å². The van der Waals surface area contributed by atoms with Crippen LogP contribution in [0.2, 0.25) is 0 Å². The Labute approximate surface area is 79.0 Å². The highest BCUT2D eigenvalue weighted by molar-refractivity contribution is 5.35. The highest BCUT2D eigenvalue weighted by Crippen LogP contribution is 2.28. The van der Waals surface area contributed by atoms with Crippen molar-refractivity contribution >= 4 is 0 Å². The van der Waals surface area contributed by atoms with Crippen LogP contribution in [-0.2, 0) is 5.41 Å². The number of aryl methyl sites for hydroxylation is 1. The van der Waals surface area contributed by atoms with E-state index in [2.05, 4.69) is 25.8 Å². The lowest BCUT2D eigenvalue weighted by Crippen LogP contribution is -2.17. The summed E-state index contributed by atoms with van der Waals surface area (Å²) in [6.45, 7) is 9.95. The van der Waals surface area contributed by atoms with Crippen LogP contribution in [0.4, 0.5) is 4.39 Å². The number of hydrogen-bond acceptors (Lipinski definition) is 1. The molecule has 0 saturated carbocycles. The molecule has 0 N–H and O–H groups in total. The Hall–Kier alpha value is -0.920. The number of pyridine rings is 1. The number of hydrogen-bond donors (Lipinski definition) is 0. The van der Waals surface area contributed by atoms with Crippen LogP contribution in [0.3, 0.4) is 0 Å². The fourth-order valence-electron chi connectivity index (χ4n) is 1.81. The van der Waals surface area contributed by atoms with E-state index in [9.17, 15) is 4.39 Å². The quantitative estimate of drug-likeness (QED) is 0.599. The molecule has 72 valence electrons. The lowest BCUT2D eigenvalue weighted by atomic mass is 9.83. The average molecular weight is 181 g/mol. The smallest absolute Gasteiger partial charge is 0.144 e. The predicted octanol–water partition coefficient (Wildman–Crippen LogP) is 3.14. The lowest BCUT2D eigenvalue weighted by Gasteiger charge is -2.23. The van der Waals surface area contributed by atoms with E-state index in [1.807, 2.05) is 13.8 Å². The number of rotatable bonds is 0. The van der Waals surface area contributed by atoms with E-state index < -0.39 is 0 Å². The third-order valence-electron chi connectivity index (χ3n) is 2.22. The van der Waals surface area contributed by atoms with Gasteiger partial charge in [-0.2, -0.15) is 0 Å². The van der Waals surface area contributed by atoms with Crippen LogP contribution in [0.1, 0.15) is 37.6 Å². The Morgan fingerprint density at radius 2 is 1.77 bits per heavy atom. The summed E-state index contributed by atoms with van der Waals surface area (Å²) in [5.41, 5.74) is 2.63. The molecule has 0 radical (unpaired) electrons. The average Bonchev–Trinajstić information content (AvgIpc) is 1.95. The van der Waals surface area contributed by atoms with Gasteiger partial charge in [-0.05, 0) is 30.4 Å². The van der Waals surface area contributed by atoms with Gasteiger partial charge in [-0.1, -0.05) is 20.8 Å². The van der Waals surface area contributed by atoms with Crippen LogP contribution in [0.15, 0.2) is 6.20 Å². The van der Waals surface area contributed by atoms with Crippen molar-refractivity contribution in [3.8, 4) is 0 Å². The predicted molar refractivity (Wildman–Crippen MR) is 52.4 cm³/mol. The molecule has 0 bridgehead atoms. The second-order valence-electron chi connectivity index (χ2n) is 4.44. The van der Waals surface area contributed by atoms with Crippen LogP contribution < -0.4 is 0 Å². The van der Waals surface area contributed by atoms with E-state index in [-0.39, 0.29) is 11.2 Å². The minimum absolute atomic E-state index is 0.0384. The molecule has 1 rings (SSSR count). The van der Waals surface area contributed by atoms with Gasteiger partial charge in [0.05, 0.1) is 6.20 Å². The van der Waals surface area contributed by atoms with E-state index in [4.69, 9.17) is 0 Å². The molecule has 0 spiro atoms. The summed E-state index contributed by atoms with van der Waals surface area (Å²) in [5.74, 6) is -0.212. The fraction of sp³-hybridized carbons (Fsp3) is 0.545. The van der Waals surface area contributed by atoms with Gasteiger partial charge in [0.2, 0.25) is 0 Å². The summed E-state index contributed by atoms with van der Waals surface area (Å²) >= 11 is 0. The van der Waals surface area contributed by atoms with Gasteiger partial charge in [0.15, 0.2) is 0 Å². The Kier molecular flexibility index (Phi) is 2.42. The highest BCUT2D eigenvalue weighted by Gasteiger charge is 2.21. The summed E-state index contributed by atoms with van der Waals surface area (Å²) in [7, 11) is 0. The number of nitrogens with zero attached hydrogens (tertiary/aromatic N) is 1. The largest absolute Gasteiger partial charge is 0.258 e. The van der Waals surface area contributed by atoms with E-state index in [0.29, 0.717) is 0 Å². The minimum atomic E-state index is -0.212. The van der Waals surface area contributed by atoms with Crippen molar-refractivity contribution in [1.82, 2.24) is 4.98 Å². The standard InChI is InChI=1S/C11H16FN/c1-7-9(12)6-13-8(2)10(7)11(3,4)5/h6H,1-5H3. The molecule has 1 aromatic heterocycles. The molecular formula is C11H16FN. The monoisotopic (exact) mass is 181 g/mol. The number of halogens is 1. The van der Waals surface area contributed by atoms with Gasteiger partial charge in [-0.15, -0.1) is 0 Å². The van der Waals surface area contributed by atoms with Crippen molar-refractivity contribution in [3.05, 3.63) is 28.8 Å². The van der Waals surface area contributed by atoms with E-state index in [0.717, 1.165) is 16.8 Å². The van der Waals surface area contributed by atoms with Gasteiger partial charge in [-0.25, -0.2) is 4.39 Å². The van der Waals surface area contributed by atoms with Crippen LogP contribution in [0.25, 0.3) is 0 Å². The first-order valence-electron chi connectivity index (χ1n) is 4.46. The summed E-state index contributed by atoms with van der Waals surface area (Å²) in [6, 6.07) is 0. The molecule has 1 aromatic rings. The maximum absolute atomic E-state index is 13.2. The molecule has 0 aliphatic heterocycles. The molecule has 0 aliphatic rings. The Morgan fingerprint density at radius 1 is 1.23 bits per heavy atom. The third-order valence-corrected chi connectivity index (χ3v) is 2.22. The van der Waals surface area contributed by atoms with Crippen molar-refractivity contribution in [2.75, 3.05) is 0 Å². The first-order chi connectivity index (χ1) is 5.84. The van der Waals surface area contributed by atoms with E-state index in [1.165, 1.54) is 6.20 Å². The summed E-state index contributed by atoms with van der Waals surface area (Å²) in [4.78, 5) is 4.03. The summed E-state index contributed by atoms with van der Waals surface area (Å²) in [5, 5.41) is 0. The SMILES string of the molecule is Cc1ncc(F)c(C)c1C(C)(C)C. The van der Waals surface area contributed by atoms with Gasteiger partial charge in [-0.3, -0.25) is 4.98 Å². The molecule has 0 fully saturated rings. The first-order valence-corrected chi connectivity index (χ1v) is 4.46. The third kappa shape index (κ3) is 1.87. The zero-order valence-electron chi connectivity index (χ0n) is 8.90. The topological polar surface area (TPSA) is 12.9 Å². The van der Waals surface area contributed by atoms with Gasteiger partial charge in [0, 0.05) is 5.69 Å². The molecular weight excluding hydrogens is 165 g/mol. The van der Waals surface area contributed by atoms with Crippen molar-refractivity contribution < 1.29 is 4.39 Å². The summed E-state index contributed by atoms with van der Waals surface area (Å²) in [6.07, 6.45) is 1.29. The van der Waals surface area contributed by atoms with Crippen molar-refractivity contribution in [2.45, 2.75) is 40.0 Å². The van der Waals surface area contributed by atoms with Crippen LogP contribution in [0.5, 0.6) is 0 Å². The van der Waals surface area contributed by atoms with Crippen molar-refractivity contribution in [2.24, 2.45) is 0 Å². The molecule has 0 aromatic carbocycles. The van der Waals surface area contributed by atoms with Crippen LogP contribution in [0, 0.1) is 19.7 Å². The van der Waals surface area contributed by atoms with Crippen molar-refractivity contribution in [1.29, 1.82) is 0 Å². The minimum Gasteiger partial charge on any atom is -0.258 e.